The van der Waals surface area contributed by atoms with Crippen LogP contribution in [0.1, 0.15) is 6.92 Å². The molecule has 22 heavy (non-hydrogen) atoms. The van der Waals surface area contributed by atoms with Gasteiger partial charge < -0.3 is 9.80 Å². The minimum Gasteiger partial charge on any atom is -0.361 e. The minimum atomic E-state index is -0.206. The van der Waals surface area contributed by atoms with E-state index < -0.39 is 0 Å². The molecular weight excluding hydrogens is 295 g/mol. The number of benzene rings is 2. The van der Waals surface area contributed by atoms with Crippen LogP contribution < -0.4 is 4.90 Å². The summed E-state index contributed by atoms with van der Waals surface area (Å²) in [7, 11) is 2.00. The predicted molar refractivity (Wildman–Crippen MR) is 92.5 cm³/mol. The van der Waals surface area contributed by atoms with E-state index in [1.54, 1.807) is 12.1 Å². The van der Waals surface area contributed by atoms with Gasteiger partial charge in [0.05, 0.1) is 6.67 Å². The normalized spacial score (nSPS) is 14.0. The summed E-state index contributed by atoms with van der Waals surface area (Å²) >= 11 is 1.81. The fourth-order valence-electron chi connectivity index (χ4n) is 2.51. The Bertz CT molecular complexity index is 682. The lowest BCUT2D eigenvalue weighted by Crippen LogP contribution is -2.21. The van der Waals surface area contributed by atoms with Crippen LogP contribution in [0.15, 0.2) is 59.8 Å². The highest BCUT2D eigenvalue weighted by Crippen LogP contribution is 2.29. The number of rotatable bonds is 4. The van der Waals surface area contributed by atoms with E-state index in [0.29, 0.717) is 0 Å². The maximum absolute atomic E-state index is 14.0. The van der Waals surface area contributed by atoms with Gasteiger partial charge in [0.1, 0.15) is 5.82 Å². The molecule has 1 heterocycles. The molecule has 0 atom stereocenters. The van der Waals surface area contributed by atoms with E-state index >= 15 is 0 Å². The molecule has 1 aliphatic heterocycles. The van der Waals surface area contributed by atoms with Crippen LogP contribution in [0.25, 0.3) is 11.1 Å². The first-order valence-corrected chi connectivity index (χ1v) is 8.33. The Kier molecular flexibility index (Phi) is 4.39. The maximum atomic E-state index is 14.0. The van der Waals surface area contributed by atoms with Crippen molar-refractivity contribution in [3.8, 4) is 11.1 Å². The number of hydrogen-bond donors (Lipinski definition) is 0. The first-order valence-electron chi connectivity index (χ1n) is 7.35. The van der Waals surface area contributed by atoms with Gasteiger partial charge in [-0.1, -0.05) is 19.1 Å². The maximum Gasteiger partial charge on any atom is 0.125 e. The monoisotopic (exact) mass is 314 g/mol. The Hall–Kier alpha value is -1.94. The average molecular weight is 314 g/mol. The van der Waals surface area contributed by atoms with Crippen LogP contribution in [-0.2, 0) is 0 Å². The van der Waals surface area contributed by atoms with Crippen molar-refractivity contribution in [2.75, 3.05) is 24.4 Å². The average Bonchev–Trinajstić information content (AvgIpc) is 2.94. The van der Waals surface area contributed by atoms with Crippen LogP contribution in [0.4, 0.5) is 10.1 Å². The lowest BCUT2D eigenvalue weighted by Gasteiger charge is -2.19. The molecule has 0 N–H and O–H groups in total. The molecule has 0 fully saturated rings. The lowest BCUT2D eigenvalue weighted by atomic mass is 10.0. The number of anilines is 1. The third-order valence-electron chi connectivity index (χ3n) is 3.59. The zero-order chi connectivity index (χ0) is 15.5. The van der Waals surface area contributed by atoms with Gasteiger partial charge in [0, 0.05) is 30.0 Å². The molecule has 114 valence electrons. The standard InChI is InChI=1S/C18H19FN2S/c1-3-22-18-6-4-14(5-7-18)15-10-16(19)12-17(11-15)21-9-8-20(2)13-21/h4-12H,3,13H2,1-2H3. The van der Waals surface area contributed by atoms with Crippen molar-refractivity contribution in [2.45, 2.75) is 11.8 Å². The molecule has 0 aliphatic carbocycles. The molecule has 2 nitrogen and oxygen atoms in total. The number of hydrogen-bond acceptors (Lipinski definition) is 3. The highest BCUT2D eigenvalue weighted by molar-refractivity contribution is 7.99. The largest absolute Gasteiger partial charge is 0.361 e. The van der Waals surface area contributed by atoms with Crippen molar-refractivity contribution in [2.24, 2.45) is 0 Å². The lowest BCUT2D eigenvalue weighted by molar-refractivity contribution is 0.495. The molecule has 1 aliphatic rings. The first kappa shape index (κ1) is 15.0. The van der Waals surface area contributed by atoms with E-state index in [1.165, 1.54) is 4.90 Å². The van der Waals surface area contributed by atoms with Crippen molar-refractivity contribution in [3.63, 3.8) is 0 Å². The molecule has 3 rings (SSSR count). The molecule has 0 amide bonds. The predicted octanol–water partition coefficient (Wildman–Crippen LogP) is 4.79. The van der Waals surface area contributed by atoms with E-state index in [0.717, 1.165) is 29.2 Å². The van der Waals surface area contributed by atoms with Gasteiger partial charge in [-0.25, -0.2) is 4.39 Å². The SMILES string of the molecule is CCSc1ccc(-c2cc(F)cc(N3C=CN(C)C3)c2)cc1. The molecule has 4 heteroatoms. The van der Waals surface area contributed by atoms with Crippen LogP contribution in [-0.4, -0.2) is 24.4 Å². The Balaban J connectivity index is 1.90. The molecule has 0 radical (unpaired) electrons. The highest BCUT2D eigenvalue weighted by Gasteiger charge is 2.13. The van der Waals surface area contributed by atoms with Gasteiger partial charge in [-0.05, 0) is 47.2 Å². The van der Waals surface area contributed by atoms with Gasteiger partial charge in [-0.15, -0.1) is 11.8 Å². The van der Waals surface area contributed by atoms with E-state index in [4.69, 9.17) is 0 Å². The highest BCUT2D eigenvalue weighted by atomic mass is 32.2. The molecule has 0 spiro atoms. The van der Waals surface area contributed by atoms with Crippen molar-refractivity contribution in [1.29, 1.82) is 0 Å². The van der Waals surface area contributed by atoms with Crippen LogP contribution in [0.2, 0.25) is 0 Å². The second-order valence-electron chi connectivity index (χ2n) is 5.32. The zero-order valence-electron chi connectivity index (χ0n) is 12.8. The summed E-state index contributed by atoms with van der Waals surface area (Å²) < 4.78 is 14.0. The molecular formula is C18H19FN2S. The van der Waals surface area contributed by atoms with Crippen molar-refractivity contribution in [1.82, 2.24) is 4.90 Å². The van der Waals surface area contributed by atoms with Gasteiger partial charge in [-0.3, -0.25) is 0 Å². The second kappa shape index (κ2) is 6.44. The molecule has 0 bridgehead atoms. The van der Waals surface area contributed by atoms with E-state index in [1.807, 2.05) is 42.2 Å². The smallest absolute Gasteiger partial charge is 0.125 e. The summed E-state index contributed by atoms with van der Waals surface area (Å²) in [6, 6.07) is 13.5. The van der Waals surface area contributed by atoms with Gasteiger partial charge in [0.2, 0.25) is 0 Å². The van der Waals surface area contributed by atoms with E-state index in [-0.39, 0.29) is 5.82 Å². The van der Waals surface area contributed by atoms with Gasteiger partial charge in [0.15, 0.2) is 0 Å². The fraction of sp³-hybridized carbons (Fsp3) is 0.222. The topological polar surface area (TPSA) is 6.48 Å². The van der Waals surface area contributed by atoms with Crippen LogP contribution >= 0.6 is 11.8 Å². The molecule has 0 unspecified atom stereocenters. The Labute approximate surface area is 135 Å². The Morgan fingerprint density at radius 1 is 1.05 bits per heavy atom. The van der Waals surface area contributed by atoms with Crippen molar-refractivity contribution in [3.05, 3.63) is 60.7 Å². The summed E-state index contributed by atoms with van der Waals surface area (Å²) in [4.78, 5) is 5.34. The zero-order valence-corrected chi connectivity index (χ0v) is 13.6. The van der Waals surface area contributed by atoms with Crippen molar-refractivity contribution < 1.29 is 4.39 Å². The number of nitrogens with zero attached hydrogens (tertiary/aromatic N) is 2. The van der Waals surface area contributed by atoms with Gasteiger partial charge in [-0.2, -0.15) is 0 Å². The van der Waals surface area contributed by atoms with Gasteiger partial charge >= 0.3 is 0 Å². The number of halogens is 1. The summed E-state index contributed by atoms with van der Waals surface area (Å²) in [5.74, 6) is 0.848. The van der Waals surface area contributed by atoms with Crippen LogP contribution in [0, 0.1) is 5.82 Å². The molecule has 2 aromatic carbocycles. The van der Waals surface area contributed by atoms with Gasteiger partial charge in [0.25, 0.3) is 0 Å². The summed E-state index contributed by atoms with van der Waals surface area (Å²) in [6.07, 6.45) is 3.96. The van der Waals surface area contributed by atoms with Crippen LogP contribution in [0.5, 0.6) is 0 Å². The molecule has 0 aromatic heterocycles. The summed E-state index contributed by atoms with van der Waals surface area (Å²) in [5, 5.41) is 0. The quantitative estimate of drug-likeness (QED) is 0.750. The third kappa shape index (κ3) is 3.28. The second-order valence-corrected chi connectivity index (χ2v) is 6.66. The first-order chi connectivity index (χ1) is 10.7. The van der Waals surface area contributed by atoms with E-state index in [9.17, 15) is 4.39 Å². The number of thioether (sulfide) groups is 1. The Morgan fingerprint density at radius 2 is 1.82 bits per heavy atom. The van der Waals surface area contributed by atoms with Crippen molar-refractivity contribution >= 4 is 17.4 Å². The molecule has 0 saturated heterocycles. The summed E-state index contributed by atoms with van der Waals surface area (Å²) in [6.45, 7) is 2.88. The van der Waals surface area contributed by atoms with Crippen LogP contribution in [0.3, 0.4) is 0 Å². The fourth-order valence-corrected chi connectivity index (χ4v) is 3.18. The Morgan fingerprint density at radius 3 is 2.45 bits per heavy atom. The molecule has 0 saturated carbocycles. The summed E-state index contributed by atoms with van der Waals surface area (Å²) in [5.41, 5.74) is 2.83. The third-order valence-corrected chi connectivity index (χ3v) is 4.48. The molecule has 2 aromatic rings. The van der Waals surface area contributed by atoms with E-state index in [2.05, 4.69) is 36.1 Å². The minimum absolute atomic E-state index is 0.206.